The van der Waals surface area contributed by atoms with Crippen LogP contribution in [0, 0.1) is 11.3 Å². The van der Waals surface area contributed by atoms with E-state index < -0.39 is 0 Å². The first-order valence-electron chi connectivity index (χ1n) is 7.59. The van der Waals surface area contributed by atoms with Crippen LogP contribution in [0.4, 0.5) is 0 Å². The quantitative estimate of drug-likeness (QED) is 0.838. The zero-order valence-corrected chi connectivity index (χ0v) is 12.3. The summed E-state index contributed by atoms with van der Waals surface area (Å²) in [4.78, 5) is 4.91. The van der Waals surface area contributed by atoms with Gasteiger partial charge >= 0.3 is 0 Å². The molecule has 1 aromatic heterocycles. The van der Waals surface area contributed by atoms with Gasteiger partial charge in [-0.2, -0.15) is 5.26 Å². The van der Waals surface area contributed by atoms with Gasteiger partial charge in [-0.3, -0.25) is 0 Å². The highest BCUT2D eigenvalue weighted by Gasteiger charge is 2.35. The third-order valence-corrected chi connectivity index (χ3v) is 4.57. The summed E-state index contributed by atoms with van der Waals surface area (Å²) in [5.41, 5.74) is 3.05. The van der Waals surface area contributed by atoms with Crippen molar-refractivity contribution in [2.24, 2.45) is 0 Å². The molecule has 3 rings (SSSR count). The summed E-state index contributed by atoms with van der Waals surface area (Å²) < 4.78 is 2.38. The number of rotatable bonds is 3. The fourth-order valence-electron chi connectivity index (χ4n) is 3.49. The molecule has 1 aromatic carbocycles. The normalized spacial score (nSPS) is 17.4. The van der Waals surface area contributed by atoms with Gasteiger partial charge in [0.15, 0.2) is 0 Å². The van der Waals surface area contributed by atoms with E-state index in [9.17, 15) is 0 Å². The maximum absolute atomic E-state index is 9.05. The van der Waals surface area contributed by atoms with E-state index in [2.05, 4.69) is 30.6 Å². The second-order valence-electron chi connectivity index (χ2n) is 6.17. The number of imidazole rings is 1. The van der Waals surface area contributed by atoms with Crippen LogP contribution in [0.1, 0.15) is 57.3 Å². The molecule has 0 bridgehead atoms. The average molecular weight is 267 g/mol. The Kier molecular flexibility index (Phi) is 3.25. The predicted molar refractivity (Wildman–Crippen MR) is 80.6 cm³/mol. The summed E-state index contributed by atoms with van der Waals surface area (Å²) >= 11 is 0. The summed E-state index contributed by atoms with van der Waals surface area (Å²) in [5, 5.41) is 9.05. The SMILES string of the molecule is CCCn1c(C2(C)CCCC2)nc2cc(C#N)ccc21. The lowest BCUT2D eigenvalue weighted by molar-refractivity contribution is 0.433. The van der Waals surface area contributed by atoms with Gasteiger partial charge in [-0.05, 0) is 37.5 Å². The van der Waals surface area contributed by atoms with Crippen molar-refractivity contribution in [3.8, 4) is 6.07 Å². The van der Waals surface area contributed by atoms with Crippen molar-refractivity contribution in [1.29, 1.82) is 5.26 Å². The van der Waals surface area contributed by atoms with Crippen LogP contribution in [0.25, 0.3) is 11.0 Å². The van der Waals surface area contributed by atoms with Crippen molar-refractivity contribution in [3.63, 3.8) is 0 Å². The number of hydrogen-bond donors (Lipinski definition) is 0. The Morgan fingerprint density at radius 3 is 2.75 bits per heavy atom. The molecule has 2 aromatic rings. The summed E-state index contributed by atoms with van der Waals surface area (Å²) in [5.74, 6) is 1.22. The van der Waals surface area contributed by atoms with Crippen molar-refractivity contribution >= 4 is 11.0 Å². The molecular formula is C17H21N3. The molecule has 0 saturated heterocycles. The average Bonchev–Trinajstić information content (AvgIpc) is 3.04. The highest BCUT2D eigenvalue weighted by atomic mass is 15.1. The lowest BCUT2D eigenvalue weighted by atomic mass is 9.88. The van der Waals surface area contributed by atoms with Crippen molar-refractivity contribution in [3.05, 3.63) is 29.6 Å². The standard InChI is InChI=1S/C17H21N3/c1-3-10-20-15-7-6-13(12-18)11-14(15)19-16(20)17(2)8-4-5-9-17/h6-7,11H,3-5,8-10H2,1-2H3. The maximum Gasteiger partial charge on any atom is 0.115 e. The van der Waals surface area contributed by atoms with Gasteiger partial charge in [-0.15, -0.1) is 0 Å². The van der Waals surface area contributed by atoms with E-state index in [1.54, 1.807) is 0 Å². The van der Waals surface area contributed by atoms with E-state index in [1.807, 2.05) is 12.1 Å². The second kappa shape index (κ2) is 4.94. The van der Waals surface area contributed by atoms with Gasteiger partial charge in [0.05, 0.1) is 22.7 Å². The van der Waals surface area contributed by atoms with Crippen molar-refractivity contribution in [1.82, 2.24) is 9.55 Å². The molecule has 0 radical (unpaired) electrons. The number of aromatic nitrogens is 2. The first kappa shape index (κ1) is 13.2. The molecule has 1 saturated carbocycles. The molecule has 1 heterocycles. The summed E-state index contributed by atoms with van der Waals surface area (Å²) in [7, 11) is 0. The molecule has 3 heteroatoms. The highest BCUT2D eigenvalue weighted by Crippen LogP contribution is 2.41. The zero-order valence-electron chi connectivity index (χ0n) is 12.3. The molecule has 0 spiro atoms. The van der Waals surface area contributed by atoms with Gasteiger partial charge in [0.2, 0.25) is 0 Å². The summed E-state index contributed by atoms with van der Waals surface area (Å²) in [6, 6.07) is 8.08. The Balaban J connectivity index is 2.20. The first-order valence-corrected chi connectivity index (χ1v) is 7.59. The predicted octanol–water partition coefficient (Wildman–Crippen LogP) is 4.15. The smallest absolute Gasteiger partial charge is 0.115 e. The molecule has 1 fully saturated rings. The lowest BCUT2D eigenvalue weighted by Crippen LogP contribution is -2.23. The number of benzene rings is 1. The zero-order chi connectivity index (χ0) is 14.2. The Morgan fingerprint density at radius 1 is 1.35 bits per heavy atom. The van der Waals surface area contributed by atoms with E-state index in [0.717, 1.165) is 18.5 Å². The molecule has 0 unspecified atom stereocenters. The van der Waals surface area contributed by atoms with Crippen molar-refractivity contribution in [2.45, 2.75) is 57.9 Å². The molecule has 104 valence electrons. The van der Waals surface area contributed by atoms with Crippen LogP contribution < -0.4 is 0 Å². The van der Waals surface area contributed by atoms with Crippen LogP contribution in [-0.2, 0) is 12.0 Å². The summed E-state index contributed by atoms with van der Waals surface area (Å²) in [6.45, 7) is 5.56. The van der Waals surface area contributed by atoms with Gasteiger partial charge in [-0.1, -0.05) is 26.7 Å². The van der Waals surface area contributed by atoms with Crippen LogP contribution in [0.2, 0.25) is 0 Å². The number of nitriles is 1. The minimum atomic E-state index is 0.209. The molecule has 0 aliphatic heterocycles. The topological polar surface area (TPSA) is 41.6 Å². The number of nitrogens with zero attached hydrogens (tertiary/aromatic N) is 3. The monoisotopic (exact) mass is 267 g/mol. The fraction of sp³-hybridized carbons (Fsp3) is 0.529. The molecule has 1 aliphatic rings. The van der Waals surface area contributed by atoms with E-state index >= 15 is 0 Å². The number of hydrogen-bond acceptors (Lipinski definition) is 2. The number of fused-ring (bicyclic) bond motifs is 1. The Bertz CT molecular complexity index is 669. The molecule has 0 atom stereocenters. The third kappa shape index (κ3) is 2.00. The minimum Gasteiger partial charge on any atom is -0.328 e. The van der Waals surface area contributed by atoms with E-state index in [1.165, 1.54) is 37.0 Å². The van der Waals surface area contributed by atoms with Crippen LogP contribution >= 0.6 is 0 Å². The molecule has 3 nitrogen and oxygen atoms in total. The second-order valence-corrected chi connectivity index (χ2v) is 6.17. The van der Waals surface area contributed by atoms with E-state index in [-0.39, 0.29) is 5.41 Å². The molecule has 1 aliphatic carbocycles. The lowest BCUT2D eigenvalue weighted by Gasteiger charge is -2.24. The van der Waals surface area contributed by atoms with Gasteiger partial charge in [0.25, 0.3) is 0 Å². The first-order chi connectivity index (χ1) is 9.68. The van der Waals surface area contributed by atoms with Crippen LogP contribution in [0.3, 0.4) is 0 Å². The fourth-order valence-corrected chi connectivity index (χ4v) is 3.49. The molecular weight excluding hydrogens is 246 g/mol. The molecule has 0 N–H and O–H groups in total. The van der Waals surface area contributed by atoms with Gasteiger partial charge in [0, 0.05) is 12.0 Å². The van der Waals surface area contributed by atoms with Gasteiger partial charge in [0.1, 0.15) is 5.82 Å². The Labute approximate surface area is 120 Å². The molecule has 0 amide bonds. The molecule has 20 heavy (non-hydrogen) atoms. The van der Waals surface area contributed by atoms with Crippen LogP contribution in [0.15, 0.2) is 18.2 Å². The number of aryl methyl sites for hydroxylation is 1. The minimum absolute atomic E-state index is 0.209. The van der Waals surface area contributed by atoms with Crippen molar-refractivity contribution < 1.29 is 0 Å². The Hall–Kier alpha value is -1.82. The highest BCUT2D eigenvalue weighted by molar-refractivity contribution is 5.78. The summed E-state index contributed by atoms with van der Waals surface area (Å²) in [6.07, 6.45) is 6.16. The maximum atomic E-state index is 9.05. The van der Waals surface area contributed by atoms with Crippen LogP contribution in [0.5, 0.6) is 0 Å². The largest absolute Gasteiger partial charge is 0.328 e. The third-order valence-electron chi connectivity index (χ3n) is 4.57. The van der Waals surface area contributed by atoms with Crippen molar-refractivity contribution in [2.75, 3.05) is 0 Å². The van der Waals surface area contributed by atoms with Gasteiger partial charge in [-0.25, -0.2) is 4.98 Å². The Morgan fingerprint density at radius 2 is 2.10 bits per heavy atom. The van der Waals surface area contributed by atoms with E-state index in [4.69, 9.17) is 10.2 Å². The van der Waals surface area contributed by atoms with Crippen LogP contribution in [-0.4, -0.2) is 9.55 Å². The van der Waals surface area contributed by atoms with Gasteiger partial charge < -0.3 is 4.57 Å². The van der Waals surface area contributed by atoms with E-state index in [0.29, 0.717) is 5.56 Å².